The van der Waals surface area contributed by atoms with Gasteiger partial charge in [-0.15, -0.1) is 0 Å². The molecule has 1 amide bonds. The SMILES string of the molecule is CC1CCN(C(=O)[C@H](C)Sc2nc(N)cc(N)c2C#N)CC1. The molecule has 2 rings (SSSR count). The fourth-order valence-electron chi connectivity index (χ4n) is 2.46. The lowest BCUT2D eigenvalue weighted by atomic mass is 9.99. The minimum Gasteiger partial charge on any atom is -0.397 e. The quantitative estimate of drug-likeness (QED) is 0.823. The number of hydrogen-bond acceptors (Lipinski definition) is 6. The number of aromatic nitrogens is 1. The number of hydrogen-bond donors (Lipinski definition) is 2. The maximum atomic E-state index is 12.5. The van der Waals surface area contributed by atoms with Crippen LogP contribution in [0.1, 0.15) is 32.3 Å². The molecule has 1 aliphatic heterocycles. The van der Waals surface area contributed by atoms with Gasteiger partial charge in [0.05, 0.1) is 10.9 Å². The number of carbonyl (C=O) groups excluding carboxylic acids is 1. The Morgan fingerprint density at radius 2 is 2.14 bits per heavy atom. The highest BCUT2D eigenvalue weighted by molar-refractivity contribution is 8.00. The molecule has 1 aromatic heterocycles. The highest BCUT2D eigenvalue weighted by atomic mass is 32.2. The molecule has 1 aromatic rings. The number of likely N-dealkylation sites (tertiary alicyclic amines) is 1. The number of piperidine rings is 1. The molecule has 0 bridgehead atoms. The first-order chi connectivity index (χ1) is 10.4. The van der Waals surface area contributed by atoms with Crippen molar-refractivity contribution in [1.82, 2.24) is 9.88 Å². The van der Waals surface area contributed by atoms with Crippen molar-refractivity contribution >= 4 is 29.2 Å². The van der Waals surface area contributed by atoms with Crippen LogP contribution in [0.3, 0.4) is 0 Å². The fraction of sp³-hybridized carbons (Fsp3) is 0.533. The van der Waals surface area contributed by atoms with Gasteiger partial charge in [-0.05, 0) is 25.7 Å². The van der Waals surface area contributed by atoms with Crippen LogP contribution in [0, 0.1) is 17.2 Å². The average molecular weight is 319 g/mol. The molecule has 4 N–H and O–H groups in total. The number of carbonyl (C=O) groups is 1. The van der Waals surface area contributed by atoms with Crippen molar-refractivity contribution in [2.24, 2.45) is 5.92 Å². The zero-order valence-electron chi connectivity index (χ0n) is 12.9. The molecule has 6 nitrogen and oxygen atoms in total. The third kappa shape index (κ3) is 3.63. The van der Waals surface area contributed by atoms with Crippen molar-refractivity contribution < 1.29 is 4.79 Å². The lowest BCUT2D eigenvalue weighted by Gasteiger charge is -2.32. The van der Waals surface area contributed by atoms with E-state index in [0.29, 0.717) is 16.6 Å². The van der Waals surface area contributed by atoms with Gasteiger partial charge in [0, 0.05) is 19.2 Å². The second-order valence-electron chi connectivity index (χ2n) is 5.70. The molecule has 1 aliphatic rings. The summed E-state index contributed by atoms with van der Waals surface area (Å²) in [5.74, 6) is 1.00. The van der Waals surface area contributed by atoms with Crippen LogP contribution >= 0.6 is 11.8 Å². The van der Waals surface area contributed by atoms with Crippen LogP contribution in [-0.2, 0) is 4.79 Å². The molecule has 0 saturated carbocycles. The van der Waals surface area contributed by atoms with Crippen molar-refractivity contribution in [1.29, 1.82) is 5.26 Å². The van der Waals surface area contributed by atoms with Crippen molar-refractivity contribution in [3.05, 3.63) is 11.6 Å². The Kier molecular flexibility index (Phi) is 5.14. The number of nitriles is 1. The lowest BCUT2D eigenvalue weighted by Crippen LogP contribution is -2.41. The molecule has 1 saturated heterocycles. The summed E-state index contributed by atoms with van der Waals surface area (Å²) in [7, 11) is 0. The predicted octanol–water partition coefficient (Wildman–Crippen LogP) is 1.86. The van der Waals surface area contributed by atoms with Gasteiger partial charge < -0.3 is 16.4 Å². The topological polar surface area (TPSA) is 109 Å². The summed E-state index contributed by atoms with van der Waals surface area (Å²) in [6.45, 7) is 5.62. The molecular weight excluding hydrogens is 298 g/mol. The Morgan fingerprint density at radius 1 is 1.50 bits per heavy atom. The molecule has 0 unspecified atom stereocenters. The Bertz CT molecular complexity index is 605. The van der Waals surface area contributed by atoms with Gasteiger partial charge in [0.2, 0.25) is 5.91 Å². The standard InChI is InChI=1S/C15H21N5OS/c1-9-3-5-20(6-4-9)15(21)10(2)22-14-11(8-16)12(17)7-13(18)19-14/h7,9-10H,3-6H2,1-2H3,(H4,17,18,19)/t10-/m0/s1. The van der Waals surface area contributed by atoms with Gasteiger partial charge in [0.25, 0.3) is 0 Å². The van der Waals surface area contributed by atoms with Crippen LogP contribution in [0.2, 0.25) is 0 Å². The number of rotatable bonds is 3. The van der Waals surface area contributed by atoms with E-state index in [1.807, 2.05) is 17.9 Å². The van der Waals surface area contributed by atoms with Crippen LogP contribution in [0.25, 0.3) is 0 Å². The molecular formula is C15H21N5OS. The van der Waals surface area contributed by atoms with Crippen LogP contribution in [-0.4, -0.2) is 34.1 Å². The van der Waals surface area contributed by atoms with Gasteiger partial charge in [-0.2, -0.15) is 5.26 Å². The van der Waals surface area contributed by atoms with Crippen LogP contribution in [0.15, 0.2) is 11.1 Å². The van der Waals surface area contributed by atoms with Gasteiger partial charge in [0.15, 0.2) is 0 Å². The van der Waals surface area contributed by atoms with Crippen molar-refractivity contribution in [3.63, 3.8) is 0 Å². The number of nitrogen functional groups attached to an aromatic ring is 2. The molecule has 0 aromatic carbocycles. The first kappa shape index (κ1) is 16.4. The molecule has 7 heteroatoms. The Hall–Kier alpha value is -1.94. The third-order valence-corrected chi connectivity index (χ3v) is 4.95. The monoisotopic (exact) mass is 319 g/mol. The van der Waals surface area contributed by atoms with Crippen molar-refractivity contribution in [2.45, 2.75) is 37.0 Å². The summed E-state index contributed by atoms with van der Waals surface area (Å²) in [5.41, 5.74) is 12.1. The zero-order chi connectivity index (χ0) is 16.3. The highest BCUT2D eigenvalue weighted by Gasteiger charge is 2.26. The van der Waals surface area contributed by atoms with E-state index in [2.05, 4.69) is 11.9 Å². The smallest absolute Gasteiger partial charge is 0.235 e. The summed E-state index contributed by atoms with van der Waals surface area (Å²) in [6, 6.07) is 3.49. The minimum atomic E-state index is -0.325. The summed E-state index contributed by atoms with van der Waals surface area (Å²) < 4.78 is 0. The van der Waals surface area contributed by atoms with Gasteiger partial charge in [-0.25, -0.2) is 4.98 Å². The third-order valence-electron chi connectivity index (χ3n) is 3.88. The van der Waals surface area contributed by atoms with E-state index >= 15 is 0 Å². The first-order valence-electron chi connectivity index (χ1n) is 7.34. The molecule has 1 atom stereocenters. The highest BCUT2D eigenvalue weighted by Crippen LogP contribution is 2.30. The van der Waals surface area contributed by atoms with E-state index in [1.165, 1.54) is 17.8 Å². The maximum Gasteiger partial charge on any atom is 0.235 e. The summed E-state index contributed by atoms with van der Waals surface area (Å²) in [6.07, 6.45) is 2.08. The molecule has 0 spiro atoms. The number of nitrogens with zero attached hydrogens (tertiary/aromatic N) is 3. The van der Waals surface area contributed by atoms with E-state index in [-0.39, 0.29) is 22.5 Å². The number of amides is 1. The van der Waals surface area contributed by atoms with E-state index in [1.54, 1.807) is 0 Å². The second kappa shape index (κ2) is 6.88. The van der Waals surface area contributed by atoms with Crippen LogP contribution in [0.5, 0.6) is 0 Å². The number of thioether (sulfide) groups is 1. The lowest BCUT2D eigenvalue weighted by molar-refractivity contribution is -0.131. The zero-order valence-corrected chi connectivity index (χ0v) is 13.7. The summed E-state index contributed by atoms with van der Waals surface area (Å²) >= 11 is 1.24. The van der Waals surface area contributed by atoms with E-state index in [0.717, 1.165) is 25.9 Å². The average Bonchev–Trinajstić information content (AvgIpc) is 2.47. The van der Waals surface area contributed by atoms with E-state index in [4.69, 9.17) is 11.5 Å². The molecule has 22 heavy (non-hydrogen) atoms. The number of anilines is 2. The van der Waals surface area contributed by atoms with Crippen LogP contribution in [0.4, 0.5) is 11.5 Å². The molecule has 2 heterocycles. The largest absolute Gasteiger partial charge is 0.397 e. The minimum absolute atomic E-state index is 0.0728. The number of pyridine rings is 1. The van der Waals surface area contributed by atoms with E-state index < -0.39 is 0 Å². The molecule has 0 radical (unpaired) electrons. The molecule has 0 aliphatic carbocycles. The van der Waals surface area contributed by atoms with Gasteiger partial charge in [0.1, 0.15) is 22.5 Å². The molecule has 1 fully saturated rings. The summed E-state index contributed by atoms with van der Waals surface area (Å²) in [4.78, 5) is 18.6. The Labute approximate surface area is 134 Å². The van der Waals surface area contributed by atoms with Gasteiger partial charge in [-0.3, -0.25) is 4.79 Å². The summed E-state index contributed by atoms with van der Waals surface area (Å²) in [5, 5.41) is 9.30. The fourth-order valence-corrected chi connectivity index (χ4v) is 3.49. The normalized spacial score (nSPS) is 17.0. The number of nitrogens with two attached hydrogens (primary N) is 2. The second-order valence-corrected chi connectivity index (χ2v) is 7.03. The van der Waals surface area contributed by atoms with Gasteiger partial charge >= 0.3 is 0 Å². The molecule has 118 valence electrons. The van der Waals surface area contributed by atoms with E-state index in [9.17, 15) is 10.1 Å². The van der Waals surface area contributed by atoms with Gasteiger partial charge in [-0.1, -0.05) is 18.7 Å². The Balaban J connectivity index is 2.10. The predicted molar refractivity (Wildman–Crippen MR) is 88.1 cm³/mol. The van der Waals surface area contributed by atoms with Crippen molar-refractivity contribution in [2.75, 3.05) is 24.6 Å². The van der Waals surface area contributed by atoms with Crippen LogP contribution < -0.4 is 11.5 Å². The first-order valence-corrected chi connectivity index (χ1v) is 8.22. The van der Waals surface area contributed by atoms with Crippen molar-refractivity contribution in [3.8, 4) is 6.07 Å². The maximum absolute atomic E-state index is 12.5. The Morgan fingerprint density at radius 3 is 2.73 bits per heavy atom.